The molecule has 2 rings (SSSR count). The highest BCUT2D eigenvalue weighted by molar-refractivity contribution is 5.65. The van der Waals surface area contributed by atoms with Gasteiger partial charge < -0.3 is 4.74 Å². The van der Waals surface area contributed by atoms with Gasteiger partial charge in [-0.2, -0.15) is 0 Å². The topological polar surface area (TPSA) is 9.23 Å². The van der Waals surface area contributed by atoms with Crippen LogP contribution in [0.4, 0.5) is 0 Å². The van der Waals surface area contributed by atoms with Crippen molar-refractivity contribution in [2.75, 3.05) is 0 Å². The summed E-state index contributed by atoms with van der Waals surface area (Å²) in [5, 5.41) is 0. The predicted octanol–water partition coefficient (Wildman–Crippen LogP) is 4.45. The third-order valence-electron chi connectivity index (χ3n) is 2.66. The van der Waals surface area contributed by atoms with Crippen LogP contribution in [0.2, 0.25) is 0 Å². The molecular weight excluding hydrogens is 208 g/mol. The van der Waals surface area contributed by atoms with Crippen molar-refractivity contribution in [3.8, 4) is 16.9 Å². The Kier molecular flexibility index (Phi) is 3.48. The third-order valence-corrected chi connectivity index (χ3v) is 2.66. The molecule has 0 unspecified atom stereocenters. The maximum atomic E-state index is 5.81. The first-order chi connectivity index (χ1) is 8.16. The van der Waals surface area contributed by atoms with Crippen LogP contribution in [0.15, 0.2) is 48.5 Å². The molecule has 1 heteroatoms. The highest BCUT2D eigenvalue weighted by atomic mass is 16.5. The molecule has 0 atom stereocenters. The van der Waals surface area contributed by atoms with Crippen molar-refractivity contribution >= 4 is 0 Å². The molecule has 0 aromatic heterocycles. The number of rotatable bonds is 3. The SMILES string of the molecule is Cc1ccc(-c2ccccc2)cc1OC(C)C. The zero-order chi connectivity index (χ0) is 12.3. The maximum absolute atomic E-state index is 5.81. The van der Waals surface area contributed by atoms with Crippen LogP contribution in [-0.4, -0.2) is 6.10 Å². The molecule has 0 N–H and O–H groups in total. The highest BCUT2D eigenvalue weighted by Gasteiger charge is 2.04. The summed E-state index contributed by atoms with van der Waals surface area (Å²) in [6, 6.07) is 16.7. The molecule has 88 valence electrons. The maximum Gasteiger partial charge on any atom is 0.123 e. The molecule has 1 nitrogen and oxygen atoms in total. The minimum Gasteiger partial charge on any atom is -0.491 e. The molecule has 0 heterocycles. The van der Waals surface area contributed by atoms with Gasteiger partial charge in [0.05, 0.1) is 6.10 Å². The lowest BCUT2D eigenvalue weighted by atomic mass is 10.0. The second kappa shape index (κ2) is 5.05. The minimum absolute atomic E-state index is 0.208. The second-order valence-corrected chi connectivity index (χ2v) is 4.51. The molecule has 0 aliphatic carbocycles. The number of hydrogen-bond donors (Lipinski definition) is 0. The molecule has 0 saturated heterocycles. The Morgan fingerprint density at radius 1 is 0.882 bits per heavy atom. The Hall–Kier alpha value is -1.76. The molecule has 0 aliphatic heterocycles. The van der Waals surface area contributed by atoms with Crippen molar-refractivity contribution in [1.82, 2.24) is 0 Å². The van der Waals surface area contributed by atoms with Crippen molar-refractivity contribution in [3.05, 3.63) is 54.1 Å². The summed E-state index contributed by atoms with van der Waals surface area (Å²) < 4.78 is 5.81. The lowest BCUT2D eigenvalue weighted by molar-refractivity contribution is 0.241. The first-order valence-corrected chi connectivity index (χ1v) is 5.99. The third kappa shape index (κ3) is 2.88. The van der Waals surface area contributed by atoms with Crippen LogP contribution >= 0.6 is 0 Å². The Morgan fingerprint density at radius 3 is 2.24 bits per heavy atom. The van der Waals surface area contributed by atoms with Gasteiger partial charge in [-0.3, -0.25) is 0 Å². The first kappa shape index (κ1) is 11.7. The van der Waals surface area contributed by atoms with E-state index >= 15 is 0 Å². The van der Waals surface area contributed by atoms with Crippen molar-refractivity contribution < 1.29 is 4.74 Å². The molecule has 2 aromatic rings. The summed E-state index contributed by atoms with van der Waals surface area (Å²) in [7, 11) is 0. The van der Waals surface area contributed by atoms with Crippen LogP contribution in [0.5, 0.6) is 5.75 Å². The van der Waals surface area contributed by atoms with E-state index in [1.165, 1.54) is 16.7 Å². The van der Waals surface area contributed by atoms with Crippen LogP contribution in [0, 0.1) is 6.92 Å². The summed E-state index contributed by atoms with van der Waals surface area (Å²) in [6.45, 7) is 6.18. The number of benzene rings is 2. The normalized spacial score (nSPS) is 10.6. The first-order valence-electron chi connectivity index (χ1n) is 5.99. The van der Waals surface area contributed by atoms with E-state index in [1.807, 2.05) is 6.07 Å². The fraction of sp³-hybridized carbons (Fsp3) is 0.250. The van der Waals surface area contributed by atoms with Crippen LogP contribution in [0.25, 0.3) is 11.1 Å². The summed E-state index contributed by atoms with van der Waals surface area (Å²) in [5.41, 5.74) is 3.60. The molecule has 2 aromatic carbocycles. The quantitative estimate of drug-likeness (QED) is 0.751. The van der Waals surface area contributed by atoms with E-state index in [0.29, 0.717) is 0 Å². The van der Waals surface area contributed by atoms with Gasteiger partial charge in [0.15, 0.2) is 0 Å². The molecule has 0 fully saturated rings. The molecule has 0 radical (unpaired) electrons. The Bertz CT molecular complexity index is 486. The van der Waals surface area contributed by atoms with Gasteiger partial charge in [0.2, 0.25) is 0 Å². The van der Waals surface area contributed by atoms with Crippen molar-refractivity contribution in [2.45, 2.75) is 26.9 Å². The lowest BCUT2D eigenvalue weighted by Crippen LogP contribution is -2.06. The molecular formula is C16H18O. The lowest BCUT2D eigenvalue weighted by Gasteiger charge is -2.13. The zero-order valence-corrected chi connectivity index (χ0v) is 10.6. The minimum atomic E-state index is 0.208. The van der Waals surface area contributed by atoms with E-state index < -0.39 is 0 Å². The predicted molar refractivity (Wildman–Crippen MR) is 72.4 cm³/mol. The van der Waals surface area contributed by atoms with Gasteiger partial charge in [0, 0.05) is 0 Å². The van der Waals surface area contributed by atoms with Gasteiger partial charge in [-0.25, -0.2) is 0 Å². The molecule has 0 saturated carbocycles. The summed E-state index contributed by atoms with van der Waals surface area (Å²) in [5.74, 6) is 0.973. The average molecular weight is 226 g/mol. The van der Waals surface area contributed by atoms with Crippen LogP contribution in [0.1, 0.15) is 19.4 Å². The van der Waals surface area contributed by atoms with Crippen LogP contribution in [0.3, 0.4) is 0 Å². The van der Waals surface area contributed by atoms with E-state index in [4.69, 9.17) is 4.74 Å². The van der Waals surface area contributed by atoms with Gasteiger partial charge in [0.25, 0.3) is 0 Å². The molecule has 0 spiro atoms. The largest absolute Gasteiger partial charge is 0.491 e. The molecule has 0 aliphatic rings. The van der Waals surface area contributed by atoms with E-state index in [-0.39, 0.29) is 6.10 Å². The van der Waals surface area contributed by atoms with E-state index in [9.17, 15) is 0 Å². The number of hydrogen-bond acceptors (Lipinski definition) is 1. The van der Waals surface area contributed by atoms with E-state index in [1.54, 1.807) is 0 Å². The second-order valence-electron chi connectivity index (χ2n) is 4.51. The van der Waals surface area contributed by atoms with Crippen molar-refractivity contribution in [2.24, 2.45) is 0 Å². The van der Waals surface area contributed by atoms with E-state index in [2.05, 4.69) is 63.2 Å². The highest BCUT2D eigenvalue weighted by Crippen LogP contribution is 2.27. The van der Waals surface area contributed by atoms with Gasteiger partial charge in [-0.15, -0.1) is 0 Å². The smallest absolute Gasteiger partial charge is 0.123 e. The van der Waals surface area contributed by atoms with Gasteiger partial charge in [-0.1, -0.05) is 42.5 Å². The standard InChI is InChI=1S/C16H18O/c1-12(2)17-16-11-15(10-9-13(16)3)14-7-5-4-6-8-14/h4-12H,1-3H3. The van der Waals surface area contributed by atoms with Crippen molar-refractivity contribution in [1.29, 1.82) is 0 Å². The Balaban J connectivity index is 2.37. The fourth-order valence-corrected chi connectivity index (χ4v) is 1.79. The van der Waals surface area contributed by atoms with Gasteiger partial charge in [0.1, 0.15) is 5.75 Å². The zero-order valence-electron chi connectivity index (χ0n) is 10.6. The Labute approximate surface area is 103 Å². The number of ether oxygens (including phenoxy) is 1. The van der Waals surface area contributed by atoms with Crippen LogP contribution < -0.4 is 4.74 Å². The Morgan fingerprint density at radius 2 is 1.59 bits per heavy atom. The monoisotopic (exact) mass is 226 g/mol. The van der Waals surface area contributed by atoms with Crippen molar-refractivity contribution in [3.63, 3.8) is 0 Å². The summed E-state index contributed by atoms with van der Waals surface area (Å²) in [4.78, 5) is 0. The molecule has 0 amide bonds. The average Bonchev–Trinajstić information content (AvgIpc) is 2.32. The van der Waals surface area contributed by atoms with E-state index in [0.717, 1.165) is 5.75 Å². The fourth-order valence-electron chi connectivity index (χ4n) is 1.79. The van der Waals surface area contributed by atoms with Gasteiger partial charge in [-0.05, 0) is 43.5 Å². The van der Waals surface area contributed by atoms with Crippen LogP contribution in [-0.2, 0) is 0 Å². The summed E-state index contributed by atoms with van der Waals surface area (Å²) >= 11 is 0. The molecule has 17 heavy (non-hydrogen) atoms. The summed E-state index contributed by atoms with van der Waals surface area (Å²) in [6.07, 6.45) is 0.208. The number of aryl methyl sites for hydroxylation is 1. The molecule has 0 bridgehead atoms. The van der Waals surface area contributed by atoms with Gasteiger partial charge >= 0.3 is 0 Å².